The highest BCUT2D eigenvalue weighted by molar-refractivity contribution is 5.95. The highest BCUT2D eigenvalue weighted by atomic mass is 16.5. The Bertz CT molecular complexity index is 982. The molecule has 1 fully saturated rings. The predicted molar refractivity (Wildman–Crippen MR) is 101 cm³/mol. The van der Waals surface area contributed by atoms with E-state index in [0.717, 1.165) is 22.5 Å². The molecule has 1 atom stereocenters. The van der Waals surface area contributed by atoms with Crippen molar-refractivity contribution in [3.05, 3.63) is 41.2 Å². The number of nitrogens with one attached hydrogen (secondary N) is 1. The van der Waals surface area contributed by atoms with Gasteiger partial charge < -0.3 is 15.4 Å². The second kappa shape index (κ2) is 7.49. The van der Waals surface area contributed by atoms with Gasteiger partial charge >= 0.3 is 0 Å². The molecule has 0 saturated carbocycles. The fraction of sp³-hybridized carbons (Fsp3) is 0.389. The summed E-state index contributed by atoms with van der Waals surface area (Å²) in [6.45, 7) is 5.83. The quantitative estimate of drug-likeness (QED) is 0.671. The summed E-state index contributed by atoms with van der Waals surface area (Å²) in [4.78, 5) is 14.8. The summed E-state index contributed by atoms with van der Waals surface area (Å²) in [6.07, 6.45) is -0.112. The maximum atomic E-state index is 13.0. The van der Waals surface area contributed by atoms with Crippen LogP contribution in [0.15, 0.2) is 24.3 Å². The van der Waals surface area contributed by atoms with E-state index in [1.54, 1.807) is 9.58 Å². The molecular weight excluding hydrogens is 360 g/mol. The molecule has 1 aromatic carbocycles. The molecule has 0 spiro atoms. The molecule has 28 heavy (non-hydrogen) atoms. The van der Waals surface area contributed by atoms with Gasteiger partial charge in [-0.1, -0.05) is 17.2 Å². The van der Waals surface area contributed by atoms with Crippen molar-refractivity contribution in [3.8, 4) is 17.1 Å². The average molecular weight is 382 g/mol. The van der Waals surface area contributed by atoms with Crippen LogP contribution in [0, 0.1) is 13.8 Å². The molecule has 1 saturated heterocycles. The van der Waals surface area contributed by atoms with Gasteiger partial charge in [-0.15, -0.1) is 5.10 Å². The van der Waals surface area contributed by atoms with E-state index in [0.29, 0.717) is 37.8 Å². The molecule has 146 valence electrons. The molecule has 10 heteroatoms. The van der Waals surface area contributed by atoms with Gasteiger partial charge in [0.05, 0.1) is 24.1 Å². The number of nitrogens with two attached hydrogens (primary N) is 1. The molecule has 3 N–H and O–H groups in total. The van der Waals surface area contributed by atoms with Crippen LogP contribution in [0.4, 0.5) is 0 Å². The normalized spacial score (nSPS) is 17.1. The molecule has 10 nitrogen and oxygen atoms in total. The highest BCUT2D eigenvalue weighted by Gasteiger charge is 2.25. The summed E-state index contributed by atoms with van der Waals surface area (Å²) in [6, 6.07) is 7.57. The number of hydrogen-bond donors (Lipinski definition) is 2. The Morgan fingerprint density at radius 3 is 3.00 bits per heavy atom. The molecule has 1 amide bonds. The van der Waals surface area contributed by atoms with Crippen molar-refractivity contribution in [2.45, 2.75) is 20.0 Å². The molecule has 0 bridgehead atoms. The van der Waals surface area contributed by atoms with E-state index < -0.39 is 0 Å². The number of morpholine rings is 1. The molecular formula is C18H22N8O2. The third-order valence-corrected chi connectivity index (χ3v) is 4.90. The van der Waals surface area contributed by atoms with Gasteiger partial charge in [0.1, 0.15) is 0 Å². The molecule has 0 radical (unpaired) electrons. The Hall–Kier alpha value is -3.11. The van der Waals surface area contributed by atoms with E-state index in [1.165, 1.54) is 0 Å². The largest absolute Gasteiger partial charge is 0.373 e. The minimum atomic E-state index is -0.112. The zero-order valence-electron chi connectivity index (χ0n) is 15.8. The number of amides is 1. The van der Waals surface area contributed by atoms with Crippen LogP contribution in [-0.4, -0.2) is 73.6 Å². The van der Waals surface area contributed by atoms with Crippen LogP contribution < -0.4 is 5.73 Å². The van der Waals surface area contributed by atoms with E-state index in [-0.39, 0.29) is 12.0 Å². The zero-order valence-corrected chi connectivity index (χ0v) is 15.8. The number of aryl methyl sites for hydroxylation is 1. The second-order valence-electron chi connectivity index (χ2n) is 6.73. The van der Waals surface area contributed by atoms with Crippen molar-refractivity contribution in [3.63, 3.8) is 0 Å². The molecule has 0 unspecified atom stereocenters. The summed E-state index contributed by atoms with van der Waals surface area (Å²) < 4.78 is 7.19. The molecule has 1 aliphatic heterocycles. The van der Waals surface area contributed by atoms with Gasteiger partial charge in [-0.2, -0.15) is 15.0 Å². The summed E-state index contributed by atoms with van der Waals surface area (Å²) in [5.74, 6) is 0.352. The monoisotopic (exact) mass is 382 g/mol. The van der Waals surface area contributed by atoms with Gasteiger partial charge in [0, 0.05) is 30.8 Å². The van der Waals surface area contributed by atoms with Crippen LogP contribution in [0.3, 0.4) is 0 Å². The van der Waals surface area contributed by atoms with Crippen molar-refractivity contribution in [1.82, 2.24) is 35.3 Å². The summed E-state index contributed by atoms with van der Waals surface area (Å²) in [5, 5.41) is 18.5. The topological polar surface area (TPSA) is 128 Å². The smallest absolute Gasteiger partial charge is 0.290 e. The first-order valence-corrected chi connectivity index (χ1v) is 9.10. The van der Waals surface area contributed by atoms with Crippen molar-refractivity contribution < 1.29 is 9.53 Å². The molecule has 3 heterocycles. The van der Waals surface area contributed by atoms with Crippen LogP contribution in [0.25, 0.3) is 17.1 Å². The zero-order chi connectivity index (χ0) is 19.7. The van der Waals surface area contributed by atoms with E-state index >= 15 is 0 Å². The number of aromatic nitrogens is 6. The van der Waals surface area contributed by atoms with Gasteiger partial charge in [-0.25, -0.2) is 0 Å². The van der Waals surface area contributed by atoms with E-state index in [1.807, 2.05) is 38.1 Å². The van der Waals surface area contributed by atoms with Crippen LogP contribution in [0.2, 0.25) is 0 Å². The summed E-state index contributed by atoms with van der Waals surface area (Å²) >= 11 is 0. The Morgan fingerprint density at radius 2 is 2.25 bits per heavy atom. The van der Waals surface area contributed by atoms with Gasteiger partial charge in [0.25, 0.3) is 11.9 Å². The summed E-state index contributed by atoms with van der Waals surface area (Å²) in [5.41, 5.74) is 9.87. The number of H-pyrrole nitrogens is 1. The van der Waals surface area contributed by atoms with Crippen LogP contribution >= 0.6 is 0 Å². The first-order valence-electron chi connectivity index (χ1n) is 9.10. The third-order valence-electron chi connectivity index (χ3n) is 4.90. The minimum absolute atomic E-state index is 0.0236. The minimum Gasteiger partial charge on any atom is -0.373 e. The van der Waals surface area contributed by atoms with Crippen LogP contribution in [-0.2, 0) is 4.74 Å². The molecule has 1 aliphatic rings. The van der Waals surface area contributed by atoms with Crippen molar-refractivity contribution >= 4 is 5.91 Å². The number of tetrazole rings is 1. The van der Waals surface area contributed by atoms with Gasteiger partial charge in [-0.3, -0.25) is 4.79 Å². The number of hydrogen-bond acceptors (Lipinski definition) is 7. The molecule has 3 aromatic rings. The molecule has 2 aromatic heterocycles. The van der Waals surface area contributed by atoms with Gasteiger partial charge in [0.2, 0.25) is 0 Å². The lowest BCUT2D eigenvalue weighted by molar-refractivity contribution is -0.0167. The maximum Gasteiger partial charge on any atom is 0.290 e. The third kappa shape index (κ3) is 3.27. The number of nitrogens with zero attached hydrogens (tertiary/aromatic N) is 6. The Balaban J connectivity index is 1.65. The van der Waals surface area contributed by atoms with Crippen molar-refractivity contribution in [2.75, 3.05) is 26.2 Å². The Labute approximate surface area is 161 Å². The first-order chi connectivity index (χ1) is 13.6. The Kier molecular flexibility index (Phi) is 4.88. The number of carbonyl (C=O) groups is 1. The lowest BCUT2D eigenvalue weighted by Crippen LogP contribution is -2.48. The fourth-order valence-corrected chi connectivity index (χ4v) is 3.54. The molecule has 4 rings (SSSR count). The summed E-state index contributed by atoms with van der Waals surface area (Å²) in [7, 11) is 0. The number of rotatable bonds is 4. The standard InChI is InChI=1S/C18H22N8O2/c1-11-16(12(2)26(22-11)18-20-23-24-21-18)13-4-3-5-14(8-13)17(27)25-6-7-28-15(9-19)10-25/h3-5,8,15H,6-7,9-10,19H2,1-2H3,(H,20,21,23,24)/t15-/m1/s1. The molecule has 0 aliphatic carbocycles. The Morgan fingerprint density at radius 1 is 1.39 bits per heavy atom. The number of carbonyl (C=O) groups excluding carboxylic acids is 1. The van der Waals surface area contributed by atoms with Crippen LogP contribution in [0.1, 0.15) is 21.7 Å². The van der Waals surface area contributed by atoms with Gasteiger partial charge in [-0.05, 0) is 36.8 Å². The lowest BCUT2D eigenvalue weighted by Gasteiger charge is -2.32. The number of benzene rings is 1. The first kappa shape index (κ1) is 18.3. The number of aromatic amines is 1. The van der Waals surface area contributed by atoms with E-state index in [9.17, 15) is 4.79 Å². The van der Waals surface area contributed by atoms with Gasteiger partial charge in [0.15, 0.2) is 0 Å². The fourth-order valence-electron chi connectivity index (χ4n) is 3.54. The van der Waals surface area contributed by atoms with E-state index in [2.05, 4.69) is 25.7 Å². The van der Waals surface area contributed by atoms with Crippen LogP contribution in [0.5, 0.6) is 0 Å². The predicted octanol–water partition coefficient (Wildman–Crippen LogP) is 0.469. The average Bonchev–Trinajstić information content (AvgIpc) is 3.35. The lowest BCUT2D eigenvalue weighted by atomic mass is 10.0. The SMILES string of the molecule is Cc1nn(-c2nn[nH]n2)c(C)c1-c1cccc(C(=O)N2CCO[C@H](CN)C2)c1. The second-order valence-corrected chi connectivity index (χ2v) is 6.73. The maximum absolute atomic E-state index is 13.0. The highest BCUT2D eigenvalue weighted by Crippen LogP contribution is 2.29. The van der Waals surface area contributed by atoms with Crippen molar-refractivity contribution in [2.24, 2.45) is 5.73 Å². The van der Waals surface area contributed by atoms with Crippen molar-refractivity contribution in [1.29, 1.82) is 0 Å². The van der Waals surface area contributed by atoms with E-state index in [4.69, 9.17) is 10.5 Å². The number of ether oxygens (including phenoxy) is 1.